The summed E-state index contributed by atoms with van der Waals surface area (Å²) in [6.07, 6.45) is 70.8. The first-order chi connectivity index (χ1) is 31.1. The zero-order chi connectivity index (χ0) is 45.8. The second-order valence-corrected chi connectivity index (χ2v) is 19.1. The lowest BCUT2D eigenvalue weighted by molar-refractivity contribution is -0.131. The topological polar surface area (TPSA) is 89.8 Å². The molecule has 0 spiro atoms. The average molecular weight is 885 g/mol. The maximum atomic E-state index is 12.5. The highest BCUT2D eigenvalue weighted by atomic mass is 16.3. The molecule has 0 aromatic heterocycles. The molecule has 3 unspecified atom stereocenters. The number of hydrogen-bond donors (Lipinski definition) is 4. The molecule has 0 aliphatic heterocycles. The number of rotatable bonds is 51. The molecule has 1 amide bonds. The molecule has 0 aliphatic rings. The van der Waals surface area contributed by atoms with Crippen molar-refractivity contribution in [1.29, 1.82) is 0 Å². The molecule has 3 atom stereocenters. The summed E-state index contributed by atoms with van der Waals surface area (Å²) in [4.78, 5) is 12.5. The summed E-state index contributed by atoms with van der Waals surface area (Å²) in [5, 5.41) is 33.1. The van der Waals surface area contributed by atoms with Crippen molar-refractivity contribution in [3.05, 3.63) is 48.6 Å². The van der Waals surface area contributed by atoms with Gasteiger partial charge in [-0.2, -0.15) is 0 Å². The van der Waals surface area contributed by atoms with Crippen LogP contribution in [0.4, 0.5) is 0 Å². The van der Waals surface area contributed by atoms with Gasteiger partial charge < -0.3 is 20.6 Å². The van der Waals surface area contributed by atoms with Crippen LogP contribution in [-0.2, 0) is 4.79 Å². The molecule has 0 rings (SSSR count). The van der Waals surface area contributed by atoms with Crippen molar-refractivity contribution < 1.29 is 20.1 Å². The molecule has 5 heteroatoms. The number of aliphatic hydroxyl groups is 3. The van der Waals surface area contributed by atoms with E-state index in [1.165, 1.54) is 218 Å². The Labute approximate surface area is 393 Å². The van der Waals surface area contributed by atoms with Crippen LogP contribution in [0.3, 0.4) is 0 Å². The monoisotopic (exact) mass is 884 g/mol. The SMILES string of the molecule is CCC/C=C/CC/C=C/CC/C=C/C(O)C(CO)NC(=O)C(O)CCCCCCCCCCCCCCCCCC/C=C\CCCCCCCCCCCCCCCCCCCC. The smallest absolute Gasteiger partial charge is 0.249 e. The van der Waals surface area contributed by atoms with E-state index < -0.39 is 24.2 Å². The summed E-state index contributed by atoms with van der Waals surface area (Å²) in [6, 6.07) is -0.820. The predicted octanol–water partition coefficient (Wildman–Crippen LogP) is 17.2. The van der Waals surface area contributed by atoms with Gasteiger partial charge in [0.2, 0.25) is 5.91 Å². The standard InChI is InChI=1S/C58H109NO4/c1-3-5-7-9-11-13-15-16-17-18-19-20-21-22-23-24-25-26-27-28-29-30-31-32-33-34-35-36-37-38-39-40-41-43-45-47-49-51-53-57(62)58(63)59-55(54-60)56(61)52-50-48-46-44-42-14-12-10-8-6-4-2/h8,10,28-29,42,44,50,52,55-57,60-62H,3-7,9,11-27,30-41,43,45-49,51,53-54H2,1-2H3,(H,59,63)/b10-8+,29-28-,44-42+,52-50+. The fourth-order valence-electron chi connectivity index (χ4n) is 8.52. The average Bonchev–Trinajstić information content (AvgIpc) is 3.29. The van der Waals surface area contributed by atoms with Crippen LogP contribution < -0.4 is 5.32 Å². The van der Waals surface area contributed by atoms with Crippen molar-refractivity contribution in [2.45, 2.75) is 308 Å². The first-order valence-corrected chi connectivity index (χ1v) is 28.0. The minimum absolute atomic E-state index is 0.381. The molecule has 63 heavy (non-hydrogen) atoms. The van der Waals surface area contributed by atoms with Crippen LogP contribution in [0.2, 0.25) is 0 Å². The van der Waals surface area contributed by atoms with Crippen molar-refractivity contribution >= 4 is 5.91 Å². The maximum Gasteiger partial charge on any atom is 0.249 e. The number of aliphatic hydroxyl groups excluding tert-OH is 3. The van der Waals surface area contributed by atoms with E-state index in [4.69, 9.17) is 0 Å². The number of amides is 1. The minimum Gasteiger partial charge on any atom is -0.394 e. The predicted molar refractivity (Wildman–Crippen MR) is 277 cm³/mol. The van der Waals surface area contributed by atoms with Crippen LogP contribution in [0.1, 0.15) is 290 Å². The fourth-order valence-corrected chi connectivity index (χ4v) is 8.52. The largest absolute Gasteiger partial charge is 0.394 e. The molecule has 0 saturated carbocycles. The van der Waals surface area contributed by atoms with Gasteiger partial charge in [-0.05, 0) is 64.2 Å². The molecule has 4 N–H and O–H groups in total. The van der Waals surface area contributed by atoms with E-state index in [9.17, 15) is 20.1 Å². The molecule has 0 saturated heterocycles. The number of hydrogen-bond acceptors (Lipinski definition) is 4. The van der Waals surface area contributed by atoms with Gasteiger partial charge in [-0.1, -0.05) is 274 Å². The lowest BCUT2D eigenvalue weighted by Crippen LogP contribution is -2.48. The fraction of sp³-hybridized carbons (Fsp3) is 0.845. The molecule has 0 fully saturated rings. The summed E-state index contributed by atoms with van der Waals surface area (Å²) >= 11 is 0. The Kier molecular flexibility index (Phi) is 51.5. The molecule has 0 bridgehead atoms. The van der Waals surface area contributed by atoms with Gasteiger partial charge in [0.1, 0.15) is 6.10 Å². The van der Waals surface area contributed by atoms with Crippen molar-refractivity contribution in [2.24, 2.45) is 0 Å². The van der Waals surface area contributed by atoms with Gasteiger partial charge >= 0.3 is 0 Å². The molecule has 5 nitrogen and oxygen atoms in total. The van der Waals surface area contributed by atoms with Crippen LogP contribution in [-0.4, -0.2) is 46.1 Å². The summed E-state index contributed by atoms with van der Waals surface area (Å²) in [5.74, 6) is -0.517. The Morgan fingerprint density at radius 1 is 0.381 bits per heavy atom. The van der Waals surface area contributed by atoms with Crippen LogP contribution >= 0.6 is 0 Å². The van der Waals surface area contributed by atoms with Crippen molar-refractivity contribution in [1.82, 2.24) is 5.32 Å². The first kappa shape index (κ1) is 61.3. The van der Waals surface area contributed by atoms with Crippen LogP contribution in [0, 0.1) is 0 Å². The van der Waals surface area contributed by atoms with Gasteiger partial charge in [0.05, 0.1) is 18.8 Å². The number of carbonyl (C=O) groups is 1. The van der Waals surface area contributed by atoms with Gasteiger partial charge in [-0.3, -0.25) is 4.79 Å². The zero-order valence-corrected chi connectivity index (χ0v) is 42.2. The molecule has 0 aromatic rings. The van der Waals surface area contributed by atoms with Gasteiger partial charge in [0.15, 0.2) is 0 Å². The third-order valence-corrected chi connectivity index (χ3v) is 12.9. The Morgan fingerprint density at radius 3 is 1.03 bits per heavy atom. The number of nitrogens with one attached hydrogen (secondary N) is 1. The van der Waals surface area contributed by atoms with Crippen molar-refractivity contribution in [3.8, 4) is 0 Å². The quantitative estimate of drug-likeness (QED) is 0.0362. The second-order valence-electron chi connectivity index (χ2n) is 19.1. The van der Waals surface area contributed by atoms with Gasteiger partial charge in [0.25, 0.3) is 0 Å². The Balaban J connectivity index is 3.45. The lowest BCUT2D eigenvalue weighted by Gasteiger charge is -2.21. The summed E-state index contributed by atoms with van der Waals surface area (Å²) in [6.45, 7) is 4.10. The number of allylic oxidation sites excluding steroid dienone is 7. The van der Waals surface area contributed by atoms with Crippen molar-refractivity contribution in [2.75, 3.05) is 6.61 Å². The molecule has 0 aliphatic carbocycles. The number of unbranched alkanes of at least 4 members (excludes halogenated alkanes) is 37. The van der Waals surface area contributed by atoms with Crippen LogP contribution in [0.5, 0.6) is 0 Å². The van der Waals surface area contributed by atoms with Crippen LogP contribution in [0.25, 0.3) is 0 Å². The maximum absolute atomic E-state index is 12.5. The third kappa shape index (κ3) is 48.1. The zero-order valence-electron chi connectivity index (χ0n) is 42.2. The Morgan fingerprint density at radius 2 is 0.683 bits per heavy atom. The highest BCUT2D eigenvalue weighted by Gasteiger charge is 2.22. The third-order valence-electron chi connectivity index (χ3n) is 12.9. The van der Waals surface area contributed by atoms with Crippen molar-refractivity contribution in [3.63, 3.8) is 0 Å². The Hall–Kier alpha value is -1.69. The Bertz CT molecular complexity index is 1020. The minimum atomic E-state index is -1.11. The summed E-state index contributed by atoms with van der Waals surface area (Å²) in [7, 11) is 0. The molecular formula is C58H109NO4. The van der Waals surface area contributed by atoms with Crippen LogP contribution in [0.15, 0.2) is 48.6 Å². The van der Waals surface area contributed by atoms with E-state index in [1.54, 1.807) is 6.08 Å². The highest BCUT2D eigenvalue weighted by Crippen LogP contribution is 2.17. The van der Waals surface area contributed by atoms with E-state index in [1.807, 2.05) is 6.08 Å². The van der Waals surface area contributed by atoms with E-state index in [2.05, 4.69) is 55.6 Å². The van der Waals surface area contributed by atoms with E-state index in [-0.39, 0.29) is 6.61 Å². The normalized spacial score (nSPS) is 13.7. The van der Waals surface area contributed by atoms with E-state index in [0.29, 0.717) is 6.42 Å². The molecule has 0 heterocycles. The van der Waals surface area contributed by atoms with Gasteiger partial charge in [-0.15, -0.1) is 0 Å². The molecule has 0 aromatic carbocycles. The van der Waals surface area contributed by atoms with Gasteiger partial charge in [0, 0.05) is 0 Å². The highest BCUT2D eigenvalue weighted by molar-refractivity contribution is 5.80. The summed E-state index contributed by atoms with van der Waals surface area (Å²) < 4.78 is 0. The lowest BCUT2D eigenvalue weighted by atomic mass is 10.0. The number of carbonyl (C=O) groups excluding carboxylic acids is 1. The first-order valence-electron chi connectivity index (χ1n) is 28.0. The molecule has 370 valence electrons. The van der Waals surface area contributed by atoms with E-state index >= 15 is 0 Å². The summed E-state index contributed by atoms with van der Waals surface area (Å²) in [5.41, 5.74) is 0. The van der Waals surface area contributed by atoms with Gasteiger partial charge in [-0.25, -0.2) is 0 Å². The van der Waals surface area contributed by atoms with E-state index in [0.717, 1.165) is 51.4 Å². The second kappa shape index (κ2) is 52.9. The molecular weight excluding hydrogens is 775 g/mol. The molecule has 0 radical (unpaired) electrons.